The van der Waals surface area contributed by atoms with E-state index in [0.717, 1.165) is 38.8 Å². The van der Waals surface area contributed by atoms with Crippen LogP contribution in [0.2, 0.25) is 0 Å². The Kier molecular flexibility index (Phi) is 5.13. The summed E-state index contributed by atoms with van der Waals surface area (Å²) in [6, 6.07) is 5.77. The van der Waals surface area contributed by atoms with Crippen molar-refractivity contribution in [2.24, 2.45) is 0 Å². The lowest BCUT2D eigenvalue weighted by molar-refractivity contribution is 0.0749. The number of carbonyl (C=O) groups excluding carboxylic acids is 1. The number of aryl methyl sites for hydroxylation is 1. The van der Waals surface area contributed by atoms with Gasteiger partial charge < -0.3 is 14.2 Å². The van der Waals surface area contributed by atoms with Crippen molar-refractivity contribution >= 4 is 5.91 Å². The maximum Gasteiger partial charge on any atom is 0.276 e. The molecule has 0 aliphatic carbocycles. The first-order valence-electron chi connectivity index (χ1n) is 8.28. The zero-order valence-electron chi connectivity index (χ0n) is 13.8. The van der Waals surface area contributed by atoms with Gasteiger partial charge in [0, 0.05) is 13.1 Å². The number of amides is 1. The van der Waals surface area contributed by atoms with Gasteiger partial charge in [-0.15, -0.1) is 0 Å². The molecule has 1 aromatic heterocycles. The van der Waals surface area contributed by atoms with E-state index in [1.165, 1.54) is 12.1 Å². The summed E-state index contributed by atoms with van der Waals surface area (Å²) < 4.78 is 23.8. The van der Waals surface area contributed by atoms with Crippen molar-refractivity contribution in [1.29, 1.82) is 0 Å². The van der Waals surface area contributed by atoms with Crippen molar-refractivity contribution in [2.75, 3.05) is 13.1 Å². The molecule has 1 amide bonds. The molecule has 0 radical (unpaired) electrons. The van der Waals surface area contributed by atoms with E-state index in [1.807, 2.05) is 4.90 Å². The van der Waals surface area contributed by atoms with E-state index in [4.69, 9.17) is 9.26 Å². The van der Waals surface area contributed by atoms with Crippen molar-refractivity contribution in [1.82, 2.24) is 10.1 Å². The Labute approximate surface area is 140 Å². The lowest BCUT2D eigenvalue weighted by atomic mass is 10.2. The number of hydrogen-bond donors (Lipinski definition) is 0. The van der Waals surface area contributed by atoms with Gasteiger partial charge in [0.05, 0.1) is 5.56 Å². The fraction of sp³-hybridized carbons (Fsp3) is 0.444. The monoisotopic (exact) mass is 332 g/mol. The van der Waals surface area contributed by atoms with Crippen molar-refractivity contribution in [3.63, 3.8) is 0 Å². The molecular formula is C18H21FN2O3. The van der Waals surface area contributed by atoms with E-state index in [1.54, 1.807) is 19.1 Å². The summed E-state index contributed by atoms with van der Waals surface area (Å²) in [5, 5.41) is 3.94. The Morgan fingerprint density at radius 3 is 2.54 bits per heavy atom. The summed E-state index contributed by atoms with van der Waals surface area (Å²) in [5.74, 6) is 0.674. The van der Waals surface area contributed by atoms with Crippen LogP contribution >= 0.6 is 0 Å². The van der Waals surface area contributed by atoms with Gasteiger partial charge in [-0.25, -0.2) is 4.39 Å². The number of ether oxygens (including phenoxy) is 1. The maximum absolute atomic E-state index is 12.9. The zero-order valence-corrected chi connectivity index (χ0v) is 13.8. The highest BCUT2D eigenvalue weighted by Gasteiger charge is 2.25. The molecule has 0 unspecified atom stereocenters. The zero-order chi connectivity index (χ0) is 16.9. The van der Waals surface area contributed by atoms with Crippen LogP contribution in [0.4, 0.5) is 4.39 Å². The van der Waals surface area contributed by atoms with Gasteiger partial charge >= 0.3 is 0 Å². The third-order valence-electron chi connectivity index (χ3n) is 4.28. The Balaban J connectivity index is 1.72. The van der Waals surface area contributed by atoms with Crippen LogP contribution in [0.1, 0.15) is 47.5 Å². The van der Waals surface area contributed by atoms with E-state index in [0.29, 0.717) is 22.8 Å². The first-order valence-corrected chi connectivity index (χ1v) is 8.28. The molecule has 5 nitrogen and oxygen atoms in total. The molecule has 24 heavy (non-hydrogen) atoms. The standard InChI is InChI=1S/C18H21FN2O3/c1-13-16(12-23-15-8-6-14(19)7-9-15)17(20-24-13)18(22)21-10-4-2-3-5-11-21/h6-9H,2-5,10-12H2,1H3. The highest BCUT2D eigenvalue weighted by Crippen LogP contribution is 2.21. The van der Waals surface area contributed by atoms with E-state index in [9.17, 15) is 9.18 Å². The Morgan fingerprint density at radius 1 is 1.21 bits per heavy atom. The molecule has 1 aliphatic heterocycles. The molecule has 0 spiro atoms. The Bertz CT molecular complexity index is 689. The summed E-state index contributed by atoms with van der Waals surface area (Å²) in [6.45, 7) is 3.43. The summed E-state index contributed by atoms with van der Waals surface area (Å²) in [7, 11) is 0. The highest BCUT2D eigenvalue weighted by atomic mass is 19.1. The molecule has 0 saturated carbocycles. The average molecular weight is 332 g/mol. The van der Waals surface area contributed by atoms with Crippen LogP contribution < -0.4 is 4.74 Å². The number of hydrogen-bond acceptors (Lipinski definition) is 4. The highest BCUT2D eigenvalue weighted by molar-refractivity contribution is 5.93. The molecular weight excluding hydrogens is 311 g/mol. The molecule has 3 rings (SSSR count). The molecule has 6 heteroatoms. The summed E-state index contributed by atoms with van der Waals surface area (Å²) in [5.41, 5.74) is 0.963. The number of nitrogens with zero attached hydrogens (tertiary/aromatic N) is 2. The molecule has 0 atom stereocenters. The molecule has 2 aromatic rings. The van der Waals surface area contributed by atoms with Crippen LogP contribution in [0.25, 0.3) is 0 Å². The minimum atomic E-state index is -0.319. The summed E-state index contributed by atoms with van der Waals surface area (Å²) in [6.07, 6.45) is 4.35. The average Bonchev–Trinajstić information content (AvgIpc) is 2.78. The molecule has 1 aromatic carbocycles. The smallest absolute Gasteiger partial charge is 0.276 e. The molecule has 2 heterocycles. The number of benzene rings is 1. The van der Waals surface area contributed by atoms with E-state index >= 15 is 0 Å². The van der Waals surface area contributed by atoms with Gasteiger partial charge in [-0.3, -0.25) is 4.79 Å². The molecule has 1 saturated heterocycles. The van der Waals surface area contributed by atoms with E-state index in [2.05, 4.69) is 5.16 Å². The number of halogens is 1. The number of likely N-dealkylation sites (tertiary alicyclic amines) is 1. The van der Waals surface area contributed by atoms with Gasteiger partial charge in [0.25, 0.3) is 5.91 Å². The van der Waals surface area contributed by atoms with Crippen LogP contribution in [-0.4, -0.2) is 29.1 Å². The fourth-order valence-corrected chi connectivity index (χ4v) is 2.84. The summed E-state index contributed by atoms with van der Waals surface area (Å²) in [4.78, 5) is 14.6. The third kappa shape index (κ3) is 3.75. The van der Waals surface area contributed by atoms with Crippen molar-refractivity contribution in [2.45, 2.75) is 39.2 Å². The van der Waals surface area contributed by atoms with Gasteiger partial charge in [0.1, 0.15) is 23.9 Å². The predicted molar refractivity (Wildman–Crippen MR) is 86.3 cm³/mol. The van der Waals surface area contributed by atoms with Crippen molar-refractivity contribution in [3.05, 3.63) is 47.1 Å². The maximum atomic E-state index is 12.9. The van der Waals surface area contributed by atoms with Crippen molar-refractivity contribution in [3.8, 4) is 5.75 Å². The second kappa shape index (κ2) is 7.47. The quantitative estimate of drug-likeness (QED) is 0.856. The fourth-order valence-electron chi connectivity index (χ4n) is 2.84. The minimum Gasteiger partial charge on any atom is -0.489 e. The second-order valence-electron chi connectivity index (χ2n) is 6.01. The molecule has 1 aliphatic rings. The van der Waals surface area contributed by atoms with Gasteiger partial charge in [-0.2, -0.15) is 0 Å². The first kappa shape index (κ1) is 16.5. The third-order valence-corrected chi connectivity index (χ3v) is 4.28. The van der Waals surface area contributed by atoms with Gasteiger partial charge in [-0.1, -0.05) is 18.0 Å². The van der Waals surface area contributed by atoms with E-state index in [-0.39, 0.29) is 18.3 Å². The lowest BCUT2D eigenvalue weighted by Crippen LogP contribution is -2.32. The predicted octanol–water partition coefficient (Wildman–Crippen LogP) is 3.72. The van der Waals surface area contributed by atoms with Crippen LogP contribution in [0.3, 0.4) is 0 Å². The summed E-state index contributed by atoms with van der Waals surface area (Å²) >= 11 is 0. The topological polar surface area (TPSA) is 55.6 Å². The largest absolute Gasteiger partial charge is 0.489 e. The van der Waals surface area contributed by atoms with Crippen LogP contribution in [0, 0.1) is 12.7 Å². The van der Waals surface area contributed by atoms with Gasteiger partial charge in [-0.05, 0) is 44.0 Å². The van der Waals surface area contributed by atoms with Crippen LogP contribution in [0.5, 0.6) is 5.75 Å². The minimum absolute atomic E-state index is 0.105. The lowest BCUT2D eigenvalue weighted by Gasteiger charge is -2.19. The Morgan fingerprint density at radius 2 is 1.88 bits per heavy atom. The van der Waals surface area contributed by atoms with Gasteiger partial charge in [0.15, 0.2) is 5.69 Å². The van der Waals surface area contributed by atoms with Crippen molar-refractivity contribution < 1.29 is 18.4 Å². The second-order valence-corrected chi connectivity index (χ2v) is 6.01. The van der Waals surface area contributed by atoms with Gasteiger partial charge in [0.2, 0.25) is 0 Å². The molecule has 0 bridgehead atoms. The Hall–Kier alpha value is -2.37. The first-order chi connectivity index (χ1) is 11.6. The molecule has 0 N–H and O–H groups in total. The van der Waals surface area contributed by atoms with Crippen LogP contribution in [0.15, 0.2) is 28.8 Å². The number of carbonyl (C=O) groups is 1. The molecule has 128 valence electrons. The number of rotatable bonds is 4. The molecule has 1 fully saturated rings. The normalized spacial score (nSPS) is 15.2. The van der Waals surface area contributed by atoms with Crippen LogP contribution in [-0.2, 0) is 6.61 Å². The van der Waals surface area contributed by atoms with E-state index < -0.39 is 0 Å². The SMILES string of the molecule is Cc1onc(C(=O)N2CCCCCC2)c1COc1ccc(F)cc1. The number of aromatic nitrogens is 1.